The monoisotopic (exact) mass is 289 g/mol. The Bertz CT molecular complexity index is 656. The van der Waals surface area contributed by atoms with E-state index in [0.29, 0.717) is 23.7 Å². The van der Waals surface area contributed by atoms with Crippen LogP contribution in [0, 0.1) is 6.92 Å². The number of aryl methyl sites for hydroxylation is 1. The van der Waals surface area contributed by atoms with Gasteiger partial charge in [0, 0.05) is 23.6 Å². The molecule has 1 saturated heterocycles. The molecule has 0 spiro atoms. The molecule has 1 aromatic carbocycles. The van der Waals surface area contributed by atoms with Crippen molar-refractivity contribution in [3.8, 4) is 5.75 Å². The van der Waals surface area contributed by atoms with Gasteiger partial charge >= 0.3 is 0 Å². The van der Waals surface area contributed by atoms with Gasteiger partial charge in [0.15, 0.2) is 5.76 Å². The molecule has 21 heavy (non-hydrogen) atoms. The second-order valence-electron chi connectivity index (χ2n) is 5.31. The minimum absolute atomic E-state index is 0.0633. The van der Waals surface area contributed by atoms with Gasteiger partial charge in [-0.1, -0.05) is 0 Å². The fourth-order valence-corrected chi connectivity index (χ4v) is 2.65. The summed E-state index contributed by atoms with van der Waals surface area (Å²) in [5, 5.41) is 3.91. The van der Waals surface area contributed by atoms with Gasteiger partial charge < -0.3 is 19.2 Å². The smallest absolute Gasteiger partial charge is 0.287 e. The minimum Gasteiger partial charge on any atom is -0.497 e. The number of fused-ring (bicyclic) bond motifs is 1. The van der Waals surface area contributed by atoms with Crippen LogP contribution in [0.2, 0.25) is 0 Å². The molecule has 1 aliphatic rings. The minimum atomic E-state index is -0.182. The topological polar surface area (TPSA) is 60.7 Å². The molecule has 1 amide bonds. The fourth-order valence-electron chi connectivity index (χ4n) is 2.65. The van der Waals surface area contributed by atoms with Crippen molar-refractivity contribution in [2.24, 2.45) is 0 Å². The van der Waals surface area contributed by atoms with E-state index >= 15 is 0 Å². The molecule has 1 atom stereocenters. The Balaban J connectivity index is 1.85. The van der Waals surface area contributed by atoms with E-state index in [4.69, 9.17) is 13.9 Å². The van der Waals surface area contributed by atoms with Crippen molar-refractivity contribution in [1.29, 1.82) is 0 Å². The third-order valence-electron chi connectivity index (χ3n) is 3.85. The molecule has 1 unspecified atom stereocenters. The lowest BCUT2D eigenvalue weighted by Crippen LogP contribution is -2.40. The van der Waals surface area contributed by atoms with Gasteiger partial charge in [0.25, 0.3) is 5.91 Å². The van der Waals surface area contributed by atoms with E-state index in [0.717, 1.165) is 30.4 Å². The van der Waals surface area contributed by atoms with Crippen molar-refractivity contribution < 1.29 is 18.7 Å². The average Bonchev–Trinajstić information content (AvgIpc) is 2.85. The second-order valence-corrected chi connectivity index (χ2v) is 5.31. The number of benzene rings is 1. The first-order valence-corrected chi connectivity index (χ1v) is 7.15. The van der Waals surface area contributed by atoms with Gasteiger partial charge in [0.2, 0.25) is 0 Å². The van der Waals surface area contributed by atoms with E-state index in [-0.39, 0.29) is 11.9 Å². The van der Waals surface area contributed by atoms with Crippen LogP contribution in [-0.2, 0) is 4.74 Å². The van der Waals surface area contributed by atoms with Crippen LogP contribution >= 0.6 is 0 Å². The van der Waals surface area contributed by atoms with Crippen LogP contribution in [-0.4, -0.2) is 32.3 Å². The highest BCUT2D eigenvalue weighted by Gasteiger charge is 2.22. The molecule has 3 rings (SSSR count). The predicted octanol–water partition coefficient (Wildman–Crippen LogP) is 2.66. The molecule has 1 fully saturated rings. The third kappa shape index (κ3) is 2.74. The highest BCUT2D eigenvalue weighted by Crippen LogP contribution is 2.28. The molecule has 0 bridgehead atoms. The van der Waals surface area contributed by atoms with Crippen molar-refractivity contribution in [1.82, 2.24) is 5.32 Å². The molecule has 5 heteroatoms. The van der Waals surface area contributed by atoms with Crippen molar-refractivity contribution in [3.05, 3.63) is 29.5 Å². The highest BCUT2D eigenvalue weighted by atomic mass is 16.5. The standard InChI is InChI=1S/C16H19NO4/c1-10-13-6-5-12(19-2)8-14(13)21-15(10)16(18)17-11-4-3-7-20-9-11/h5-6,8,11H,3-4,7,9H2,1-2H3,(H,17,18). The quantitative estimate of drug-likeness (QED) is 0.943. The summed E-state index contributed by atoms with van der Waals surface area (Å²) in [6.07, 6.45) is 1.92. The summed E-state index contributed by atoms with van der Waals surface area (Å²) in [5.41, 5.74) is 1.51. The maximum atomic E-state index is 12.4. The largest absolute Gasteiger partial charge is 0.497 e. The maximum absolute atomic E-state index is 12.4. The van der Waals surface area contributed by atoms with Gasteiger partial charge in [-0.05, 0) is 31.9 Å². The fraction of sp³-hybridized carbons (Fsp3) is 0.438. The molecular weight excluding hydrogens is 270 g/mol. The molecule has 1 aliphatic heterocycles. The van der Waals surface area contributed by atoms with E-state index in [9.17, 15) is 4.79 Å². The zero-order valence-electron chi connectivity index (χ0n) is 12.3. The Morgan fingerprint density at radius 1 is 1.43 bits per heavy atom. The van der Waals surface area contributed by atoms with Gasteiger partial charge in [-0.3, -0.25) is 4.79 Å². The van der Waals surface area contributed by atoms with Crippen LogP contribution in [0.25, 0.3) is 11.0 Å². The Labute approximate surface area is 123 Å². The number of hydrogen-bond donors (Lipinski definition) is 1. The summed E-state index contributed by atoms with van der Waals surface area (Å²) in [6.45, 7) is 3.24. The molecule has 5 nitrogen and oxygen atoms in total. The van der Waals surface area contributed by atoms with Crippen molar-refractivity contribution in [2.75, 3.05) is 20.3 Å². The summed E-state index contributed by atoms with van der Waals surface area (Å²) >= 11 is 0. The Morgan fingerprint density at radius 3 is 3.00 bits per heavy atom. The maximum Gasteiger partial charge on any atom is 0.287 e. The van der Waals surface area contributed by atoms with E-state index in [1.807, 2.05) is 19.1 Å². The Kier molecular flexibility index (Phi) is 3.84. The molecule has 112 valence electrons. The molecule has 1 aromatic heterocycles. The number of furan rings is 1. The Morgan fingerprint density at radius 2 is 2.29 bits per heavy atom. The van der Waals surface area contributed by atoms with Crippen LogP contribution < -0.4 is 10.1 Å². The number of ether oxygens (including phenoxy) is 2. The zero-order valence-corrected chi connectivity index (χ0v) is 12.3. The third-order valence-corrected chi connectivity index (χ3v) is 3.85. The van der Waals surface area contributed by atoms with Gasteiger partial charge in [0.05, 0.1) is 19.8 Å². The van der Waals surface area contributed by atoms with E-state index in [1.165, 1.54) is 0 Å². The number of carbonyl (C=O) groups is 1. The van der Waals surface area contributed by atoms with Gasteiger partial charge in [-0.15, -0.1) is 0 Å². The van der Waals surface area contributed by atoms with Crippen LogP contribution in [0.3, 0.4) is 0 Å². The number of amides is 1. The van der Waals surface area contributed by atoms with Gasteiger partial charge in [-0.25, -0.2) is 0 Å². The average molecular weight is 289 g/mol. The summed E-state index contributed by atoms with van der Waals surface area (Å²) < 4.78 is 16.3. The van der Waals surface area contributed by atoms with Crippen molar-refractivity contribution >= 4 is 16.9 Å². The number of methoxy groups -OCH3 is 1. The lowest BCUT2D eigenvalue weighted by molar-refractivity contribution is 0.0612. The summed E-state index contributed by atoms with van der Waals surface area (Å²) in [6, 6.07) is 5.63. The molecule has 0 aliphatic carbocycles. The van der Waals surface area contributed by atoms with E-state index in [1.54, 1.807) is 13.2 Å². The predicted molar refractivity (Wildman–Crippen MR) is 78.8 cm³/mol. The summed E-state index contributed by atoms with van der Waals surface area (Å²) in [7, 11) is 1.60. The van der Waals surface area contributed by atoms with Crippen LogP contribution in [0.5, 0.6) is 5.75 Å². The summed E-state index contributed by atoms with van der Waals surface area (Å²) in [4.78, 5) is 12.4. The lowest BCUT2D eigenvalue weighted by atomic mass is 10.1. The number of rotatable bonds is 3. The molecule has 2 aromatic rings. The molecule has 0 saturated carbocycles. The first-order valence-electron chi connectivity index (χ1n) is 7.15. The zero-order chi connectivity index (χ0) is 14.8. The first kappa shape index (κ1) is 13.9. The number of carbonyl (C=O) groups excluding carboxylic acids is 1. The highest BCUT2D eigenvalue weighted by molar-refractivity contribution is 5.99. The SMILES string of the molecule is COc1ccc2c(C)c(C(=O)NC3CCCOC3)oc2c1. The van der Waals surface area contributed by atoms with E-state index in [2.05, 4.69) is 5.32 Å². The van der Waals surface area contributed by atoms with Crippen molar-refractivity contribution in [3.63, 3.8) is 0 Å². The Hall–Kier alpha value is -2.01. The molecular formula is C16H19NO4. The first-order chi connectivity index (χ1) is 10.2. The normalized spacial score (nSPS) is 18.7. The van der Waals surface area contributed by atoms with Crippen LogP contribution in [0.1, 0.15) is 29.0 Å². The number of nitrogens with one attached hydrogen (secondary N) is 1. The van der Waals surface area contributed by atoms with E-state index < -0.39 is 0 Å². The van der Waals surface area contributed by atoms with Gasteiger partial charge in [-0.2, -0.15) is 0 Å². The van der Waals surface area contributed by atoms with Crippen LogP contribution in [0.15, 0.2) is 22.6 Å². The lowest BCUT2D eigenvalue weighted by Gasteiger charge is -2.22. The van der Waals surface area contributed by atoms with Crippen molar-refractivity contribution in [2.45, 2.75) is 25.8 Å². The summed E-state index contributed by atoms with van der Waals surface area (Å²) in [5.74, 6) is 0.894. The second kappa shape index (κ2) is 5.77. The molecule has 1 N–H and O–H groups in total. The van der Waals surface area contributed by atoms with Gasteiger partial charge in [0.1, 0.15) is 11.3 Å². The number of hydrogen-bond acceptors (Lipinski definition) is 4. The molecule has 0 radical (unpaired) electrons. The van der Waals surface area contributed by atoms with Crippen LogP contribution in [0.4, 0.5) is 0 Å². The molecule has 2 heterocycles.